The highest BCUT2D eigenvalue weighted by molar-refractivity contribution is 6.70. The van der Waals surface area contributed by atoms with Crippen molar-refractivity contribution >= 4 is 8.56 Å². The minimum atomic E-state index is -2.18. The lowest BCUT2D eigenvalue weighted by Gasteiger charge is -2.49. The minimum Gasteiger partial charge on any atom is -0.394 e. The summed E-state index contributed by atoms with van der Waals surface area (Å²) in [6.45, 7) is 13.7. The molecule has 3 heteroatoms. The minimum absolute atomic E-state index is 0.703. The van der Waals surface area contributed by atoms with E-state index in [9.17, 15) is 0 Å². The zero-order valence-corrected chi connectivity index (χ0v) is 18.0. The topological polar surface area (TPSA) is 18.5 Å². The smallest absolute Gasteiger partial charge is 0.344 e. The van der Waals surface area contributed by atoms with Crippen LogP contribution < -0.4 is 0 Å². The lowest BCUT2D eigenvalue weighted by atomic mass is 9.83. The zero-order valence-electron chi connectivity index (χ0n) is 17.0. The van der Waals surface area contributed by atoms with Gasteiger partial charge in [-0.1, -0.05) is 60.3 Å². The maximum atomic E-state index is 6.84. The van der Waals surface area contributed by atoms with E-state index in [-0.39, 0.29) is 0 Å². The highest BCUT2D eigenvalue weighted by Crippen LogP contribution is 2.53. The highest BCUT2D eigenvalue weighted by atomic mass is 28.4. The van der Waals surface area contributed by atoms with Gasteiger partial charge in [0.1, 0.15) is 0 Å². The van der Waals surface area contributed by atoms with E-state index in [4.69, 9.17) is 8.85 Å². The first-order chi connectivity index (χ1) is 11.5. The summed E-state index contributed by atoms with van der Waals surface area (Å²) in [6, 6.07) is 0. The molecule has 0 saturated heterocycles. The highest BCUT2D eigenvalue weighted by Gasteiger charge is 2.55. The second kappa shape index (κ2) is 9.73. The van der Waals surface area contributed by atoms with Crippen LogP contribution in [-0.2, 0) is 8.85 Å². The monoisotopic (exact) mass is 354 g/mol. The summed E-state index contributed by atoms with van der Waals surface area (Å²) >= 11 is 0. The summed E-state index contributed by atoms with van der Waals surface area (Å²) in [4.78, 5) is 0. The van der Waals surface area contributed by atoms with Gasteiger partial charge >= 0.3 is 8.56 Å². The van der Waals surface area contributed by atoms with Crippen LogP contribution in [0.1, 0.15) is 92.4 Å². The molecule has 0 aromatic carbocycles. The summed E-state index contributed by atoms with van der Waals surface area (Å²) in [5, 5.41) is 0. The molecule has 5 unspecified atom stereocenters. The van der Waals surface area contributed by atoms with Crippen LogP contribution in [0.4, 0.5) is 0 Å². The summed E-state index contributed by atoms with van der Waals surface area (Å²) < 4.78 is 13.7. The van der Waals surface area contributed by atoms with Crippen LogP contribution in [0, 0.1) is 17.8 Å². The van der Waals surface area contributed by atoms with Crippen molar-refractivity contribution in [3.05, 3.63) is 0 Å². The molecule has 0 aliphatic heterocycles. The van der Waals surface area contributed by atoms with Crippen LogP contribution in [0.2, 0.25) is 11.1 Å². The van der Waals surface area contributed by atoms with Crippen LogP contribution in [0.3, 0.4) is 0 Å². The Kier molecular flexibility index (Phi) is 8.29. The average molecular weight is 355 g/mol. The molecule has 0 aromatic rings. The normalized spacial score (nSPS) is 35.1. The third-order valence-electron chi connectivity index (χ3n) is 6.54. The molecule has 5 atom stereocenters. The SMILES string of the molecule is CCCO[Si](OCCC)(C1CCCC(C)C1)C1CC(C)CCC1C. The molecule has 0 radical (unpaired) electrons. The molecule has 0 heterocycles. The molecule has 0 spiro atoms. The molecule has 24 heavy (non-hydrogen) atoms. The summed E-state index contributed by atoms with van der Waals surface area (Å²) in [5.41, 5.74) is 1.42. The van der Waals surface area contributed by atoms with Crippen LogP contribution in [0.5, 0.6) is 0 Å². The largest absolute Gasteiger partial charge is 0.394 e. The maximum Gasteiger partial charge on any atom is 0.344 e. The summed E-state index contributed by atoms with van der Waals surface area (Å²) in [7, 11) is -2.18. The van der Waals surface area contributed by atoms with Gasteiger partial charge in [0.2, 0.25) is 0 Å². The molecule has 142 valence electrons. The average Bonchev–Trinajstić information content (AvgIpc) is 2.58. The van der Waals surface area contributed by atoms with Crippen molar-refractivity contribution in [1.82, 2.24) is 0 Å². The van der Waals surface area contributed by atoms with Gasteiger partial charge in [-0.3, -0.25) is 0 Å². The fraction of sp³-hybridized carbons (Fsp3) is 1.00. The van der Waals surface area contributed by atoms with Gasteiger partial charge in [-0.2, -0.15) is 0 Å². The van der Waals surface area contributed by atoms with E-state index in [0.717, 1.165) is 49.4 Å². The van der Waals surface area contributed by atoms with Crippen molar-refractivity contribution < 1.29 is 8.85 Å². The first kappa shape index (κ1) is 20.4. The van der Waals surface area contributed by atoms with Crippen molar-refractivity contribution in [2.75, 3.05) is 13.2 Å². The quantitative estimate of drug-likeness (QED) is 0.452. The lowest BCUT2D eigenvalue weighted by Crippen LogP contribution is -2.55. The van der Waals surface area contributed by atoms with Gasteiger partial charge in [0.15, 0.2) is 0 Å². The fourth-order valence-electron chi connectivity index (χ4n) is 5.21. The predicted molar refractivity (Wildman–Crippen MR) is 106 cm³/mol. The van der Waals surface area contributed by atoms with Crippen LogP contribution >= 0.6 is 0 Å². The molecule has 2 aliphatic carbocycles. The van der Waals surface area contributed by atoms with E-state index in [1.54, 1.807) is 0 Å². The summed E-state index contributed by atoms with van der Waals surface area (Å²) in [6.07, 6.45) is 11.8. The Balaban J connectivity index is 2.31. The van der Waals surface area contributed by atoms with Gasteiger partial charge in [-0.05, 0) is 49.9 Å². The Morgan fingerprint density at radius 1 is 0.792 bits per heavy atom. The van der Waals surface area contributed by atoms with Gasteiger partial charge < -0.3 is 8.85 Å². The van der Waals surface area contributed by atoms with E-state index in [2.05, 4.69) is 34.6 Å². The van der Waals surface area contributed by atoms with Gasteiger partial charge in [-0.25, -0.2) is 0 Å². The Labute approximate surface area is 152 Å². The number of hydrogen-bond acceptors (Lipinski definition) is 2. The Hall–Kier alpha value is 0.137. The molecule has 2 fully saturated rings. The van der Waals surface area contributed by atoms with Crippen LogP contribution in [-0.4, -0.2) is 21.8 Å². The molecule has 0 bridgehead atoms. The van der Waals surface area contributed by atoms with Crippen molar-refractivity contribution in [2.24, 2.45) is 17.8 Å². The van der Waals surface area contributed by atoms with Crippen molar-refractivity contribution in [3.63, 3.8) is 0 Å². The number of rotatable bonds is 8. The molecule has 2 aliphatic rings. The van der Waals surface area contributed by atoms with Crippen molar-refractivity contribution in [2.45, 2.75) is 103 Å². The van der Waals surface area contributed by atoms with E-state index in [1.807, 2.05) is 0 Å². The van der Waals surface area contributed by atoms with E-state index in [1.165, 1.54) is 44.9 Å². The molecule has 0 aromatic heterocycles. The lowest BCUT2D eigenvalue weighted by molar-refractivity contribution is 0.115. The van der Waals surface area contributed by atoms with Gasteiger partial charge in [-0.15, -0.1) is 0 Å². The second-order valence-electron chi connectivity index (χ2n) is 8.89. The third kappa shape index (κ3) is 4.85. The molecular formula is C21H42O2Si. The standard InChI is InChI=1S/C21H42O2Si/c1-6-13-22-24(23-14-7-2,20-10-8-9-17(3)15-20)21-16-18(4)11-12-19(21)5/h17-21H,6-16H2,1-5H3. The third-order valence-corrected chi connectivity index (χ3v) is 11.4. The van der Waals surface area contributed by atoms with E-state index >= 15 is 0 Å². The van der Waals surface area contributed by atoms with Gasteiger partial charge in [0.05, 0.1) is 0 Å². The van der Waals surface area contributed by atoms with E-state index in [0.29, 0.717) is 5.54 Å². The zero-order chi connectivity index (χ0) is 17.6. The Morgan fingerprint density at radius 2 is 1.42 bits per heavy atom. The Morgan fingerprint density at radius 3 is 2.00 bits per heavy atom. The molecule has 0 amide bonds. The first-order valence-corrected chi connectivity index (χ1v) is 12.8. The predicted octanol–water partition coefficient (Wildman–Crippen LogP) is 6.69. The second-order valence-corrected chi connectivity index (χ2v) is 12.5. The maximum absolute atomic E-state index is 6.84. The molecule has 2 rings (SSSR count). The summed E-state index contributed by atoms with van der Waals surface area (Å²) in [5.74, 6) is 2.47. The molecule has 2 nitrogen and oxygen atoms in total. The first-order valence-electron chi connectivity index (χ1n) is 10.8. The van der Waals surface area contributed by atoms with E-state index < -0.39 is 8.56 Å². The molecular weight excluding hydrogens is 312 g/mol. The van der Waals surface area contributed by atoms with Crippen molar-refractivity contribution in [3.8, 4) is 0 Å². The van der Waals surface area contributed by atoms with Gasteiger partial charge in [0, 0.05) is 24.3 Å². The number of hydrogen-bond donors (Lipinski definition) is 0. The Bertz CT molecular complexity index is 352. The van der Waals surface area contributed by atoms with Crippen molar-refractivity contribution in [1.29, 1.82) is 0 Å². The molecule has 0 N–H and O–H groups in total. The van der Waals surface area contributed by atoms with Crippen LogP contribution in [0.15, 0.2) is 0 Å². The molecule has 2 saturated carbocycles. The van der Waals surface area contributed by atoms with Gasteiger partial charge in [0.25, 0.3) is 0 Å². The fourth-order valence-corrected chi connectivity index (χ4v) is 10.9. The van der Waals surface area contributed by atoms with Crippen LogP contribution in [0.25, 0.3) is 0 Å².